The number of aromatic nitrogens is 4. The molecule has 3 heterocycles. The quantitative estimate of drug-likeness (QED) is 0.212. The van der Waals surface area contributed by atoms with E-state index in [2.05, 4.69) is 65.3 Å². The Morgan fingerprint density at radius 2 is 1.55 bits per heavy atom. The van der Waals surface area contributed by atoms with Crippen LogP contribution in [0.2, 0.25) is 0 Å². The van der Waals surface area contributed by atoms with Crippen molar-refractivity contribution in [3.05, 3.63) is 66.1 Å². The van der Waals surface area contributed by atoms with Crippen LogP contribution >= 0.6 is 0 Å². The largest absolute Gasteiger partial charge is 0.424 e. The first-order valence-corrected chi connectivity index (χ1v) is 15.2. The maximum atomic E-state index is 13.4. The number of ether oxygens (including phenoxy) is 1. The third-order valence-corrected chi connectivity index (χ3v) is 9.14. The molecule has 6 nitrogen and oxygen atoms in total. The molecule has 0 aliphatic heterocycles. The van der Waals surface area contributed by atoms with Crippen LogP contribution in [0.1, 0.15) is 101 Å². The Morgan fingerprint density at radius 3 is 2.27 bits per heavy atom. The first-order valence-electron chi connectivity index (χ1n) is 15.2. The average molecular weight is 535 g/mol. The van der Waals surface area contributed by atoms with E-state index >= 15 is 0 Å². The summed E-state index contributed by atoms with van der Waals surface area (Å²) in [7, 11) is 0. The molecule has 0 N–H and O–H groups in total. The molecule has 0 atom stereocenters. The minimum absolute atomic E-state index is 0.0400. The monoisotopic (exact) mass is 534 g/mol. The van der Waals surface area contributed by atoms with Crippen molar-refractivity contribution in [2.24, 2.45) is 5.92 Å². The van der Waals surface area contributed by atoms with Crippen LogP contribution in [0.3, 0.4) is 0 Å². The van der Waals surface area contributed by atoms with Crippen molar-refractivity contribution in [2.75, 3.05) is 0 Å². The van der Waals surface area contributed by atoms with Gasteiger partial charge in [-0.25, -0.2) is 9.97 Å². The van der Waals surface area contributed by atoms with Crippen LogP contribution in [0, 0.1) is 5.92 Å². The molecule has 0 spiro atoms. The number of imidazole rings is 1. The molecule has 2 aliphatic carbocycles. The number of fused-ring (bicyclic) bond motifs is 5. The van der Waals surface area contributed by atoms with E-state index in [0.717, 1.165) is 77.8 Å². The fourth-order valence-corrected chi connectivity index (χ4v) is 6.84. The van der Waals surface area contributed by atoms with E-state index in [1.807, 2.05) is 12.3 Å². The minimum Gasteiger partial charge on any atom is -0.424 e. The van der Waals surface area contributed by atoms with Crippen molar-refractivity contribution in [1.29, 1.82) is 0 Å². The number of esters is 1. The van der Waals surface area contributed by atoms with Gasteiger partial charge in [0.15, 0.2) is 17.0 Å². The lowest BCUT2D eigenvalue weighted by Gasteiger charge is -2.22. The second-order valence-corrected chi connectivity index (χ2v) is 12.1. The summed E-state index contributed by atoms with van der Waals surface area (Å²) in [4.78, 5) is 24.0. The van der Waals surface area contributed by atoms with E-state index in [1.165, 1.54) is 31.2 Å². The van der Waals surface area contributed by atoms with Gasteiger partial charge in [0, 0.05) is 11.6 Å². The van der Waals surface area contributed by atoms with Crippen molar-refractivity contribution >= 4 is 33.7 Å². The third-order valence-electron chi connectivity index (χ3n) is 9.14. The molecule has 2 fully saturated rings. The van der Waals surface area contributed by atoms with E-state index < -0.39 is 0 Å². The fourth-order valence-electron chi connectivity index (χ4n) is 6.84. The summed E-state index contributed by atoms with van der Waals surface area (Å²) in [5, 5.41) is 0.813. The number of hydrogen-bond donors (Lipinski definition) is 0. The number of carbonyl (C=O) groups excluding carboxylic acids is 1. The zero-order chi connectivity index (χ0) is 27.2. The van der Waals surface area contributed by atoms with Gasteiger partial charge in [0.2, 0.25) is 0 Å². The molecule has 0 unspecified atom stereocenters. The topological polar surface area (TPSA) is 61.4 Å². The SMILES string of the molecule is CC(C)c1ccc(-n2cc(OC(=O)C3CCCCC3)c3c2nc(C2CCCCC2)n2c4ccccc4nc32)cc1. The van der Waals surface area contributed by atoms with Crippen molar-refractivity contribution < 1.29 is 9.53 Å². The molecule has 0 amide bonds. The molecule has 2 aromatic carbocycles. The Kier molecular flexibility index (Phi) is 6.57. The number of para-hydroxylation sites is 2. The highest BCUT2D eigenvalue weighted by Crippen LogP contribution is 2.40. The number of rotatable bonds is 5. The first kappa shape index (κ1) is 25.3. The summed E-state index contributed by atoms with van der Waals surface area (Å²) >= 11 is 0. The van der Waals surface area contributed by atoms with Gasteiger partial charge >= 0.3 is 5.97 Å². The van der Waals surface area contributed by atoms with Crippen molar-refractivity contribution in [2.45, 2.75) is 89.9 Å². The average Bonchev–Trinajstić information content (AvgIpc) is 3.56. The van der Waals surface area contributed by atoms with Crippen LogP contribution in [0.15, 0.2) is 54.7 Å². The van der Waals surface area contributed by atoms with Gasteiger partial charge in [-0.3, -0.25) is 13.8 Å². The summed E-state index contributed by atoms with van der Waals surface area (Å²) in [6.45, 7) is 4.42. The van der Waals surface area contributed by atoms with Gasteiger partial charge in [-0.2, -0.15) is 0 Å². The molecular formula is C34H38N4O2. The molecule has 7 rings (SSSR count). The Hall–Kier alpha value is -3.67. The van der Waals surface area contributed by atoms with Crippen LogP contribution in [0.25, 0.3) is 33.4 Å². The van der Waals surface area contributed by atoms with Gasteiger partial charge in [-0.1, -0.05) is 76.6 Å². The zero-order valence-corrected chi connectivity index (χ0v) is 23.6. The molecule has 5 aromatic rings. The zero-order valence-electron chi connectivity index (χ0n) is 23.6. The molecular weight excluding hydrogens is 496 g/mol. The van der Waals surface area contributed by atoms with Gasteiger partial charge in [-0.15, -0.1) is 0 Å². The highest BCUT2D eigenvalue weighted by Gasteiger charge is 2.29. The predicted octanol–water partition coefficient (Wildman–Crippen LogP) is 8.48. The minimum atomic E-state index is -0.125. The molecule has 0 bridgehead atoms. The van der Waals surface area contributed by atoms with Crippen LogP contribution in [0.4, 0.5) is 0 Å². The standard InChI is InChI=1S/C34H38N4O2/c1-22(2)23-17-19-26(20-18-23)37-21-29(40-34(39)25-13-7-4-8-14-25)30-32(37)36-31(24-11-5-3-6-12-24)38-28-16-10-9-15-27(28)35-33(30)38/h9-10,15-22,24-25H,3-8,11-14H2,1-2H3. The molecule has 2 aliphatic rings. The summed E-state index contributed by atoms with van der Waals surface area (Å²) < 4.78 is 10.6. The lowest BCUT2D eigenvalue weighted by atomic mass is 9.88. The number of nitrogens with zero attached hydrogens (tertiary/aromatic N) is 4. The summed E-state index contributed by atoms with van der Waals surface area (Å²) in [5.41, 5.74) is 5.94. The summed E-state index contributed by atoms with van der Waals surface area (Å²) in [5.74, 6) is 2.29. The van der Waals surface area contributed by atoms with Crippen LogP contribution in [0.5, 0.6) is 5.75 Å². The highest BCUT2D eigenvalue weighted by atomic mass is 16.5. The predicted molar refractivity (Wildman–Crippen MR) is 159 cm³/mol. The Morgan fingerprint density at radius 1 is 0.850 bits per heavy atom. The van der Waals surface area contributed by atoms with Gasteiger partial charge in [-0.05, 0) is 61.4 Å². The van der Waals surface area contributed by atoms with E-state index in [9.17, 15) is 4.79 Å². The van der Waals surface area contributed by atoms with Crippen LogP contribution < -0.4 is 4.74 Å². The Balaban J connectivity index is 1.47. The lowest BCUT2D eigenvalue weighted by molar-refractivity contribution is -0.139. The number of carbonyl (C=O) groups is 1. The Bertz CT molecular complexity index is 1680. The van der Waals surface area contributed by atoms with E-state index in [1.54, 1.807) is 0 Å². The van der Waals surface area contributed by atoms with Crippen molar-refractivity contribution in [3.8, 4) is 11.4 Å². The lowest BCUT2D eigenvalue weighted by Crippen LogP contribution is -2.22. The van der Waals surface area contributed by atoms with Gasteiger partial charge < -0.3 is 4.74 Å². The third kappa shape index (κ3) is 4.38. The van der Waals surface area contributed by atoms with E-state index in [4.69, 9.17) is 14.7 Å². The van der Waals surface area contributed by atoms with Crippen molar-refractivity contribution in [1.82, 2.24) is 18.9 Å². The molecule has 6 heteroatoms. The van der Waals surface area contributed by atoms with Gasteiger partial charge in [0.25, 0.3) is 0 Å². The van der Waals surface area contributed by atoms with Crippen LogP contribution in [-0.2, 0) is 4.79 Å². The van der Waals surface area contributed by atoms with E-state index in [0.29, 0.717) is 17.6 Å². The van der Waals surface area contributed by atoms with Gasteiger partial charge in [0.1, 0.15) is 11.2 Å². The summed E-state index contributed by atoms with van der Waals surface area (Å²) in [6.07, 6.45) is 13.1. The van der Waals surface area contributed by atoms with Crippen molar-refractivity contribution in [3.63, 3.8) is 0 Å². The maximum Gasteiger partial charge on any atom is 0.314 e. The number of hydrogen-bond acceptors (Lipinski definition) is 4. The fraction of sp³-hybridized carbons (Fsp3) is 0.441. The second kappa shape index (κ2) is 10.4. The second-order valence-electron chi connectivity index (χ2n) is 12.1. The number of benzene rings is 2. The Labute approximate surface area is 235 Å². The van der Waals surface area contributed by atoms with Gasteiger partial charge in [0.05, 0.1) is 23.1 Å². The summed E-state index contributed by atoms with van der Waals surface area (Å²) in [6, 6.07) is 17.0. The smallest absolute Gasteiger partial charge is 0.314 e. The van der Waals surface area contributed by atoms with Crippen LogP contribution in [-0.4, -0.2) is 24.9 Å². The van der Waals surface area contributed by atoms with E-state index in [-0.39, 0.29) is 11.9 Å². The highest BCUT2D eigenvalue weighted by molar-refractivity contribution is 6.01. The molecule has 3 aromatic heterocycles. The normalized spacial score (nSPS) is 17.4. The molecule has 40 heavy (non-hydrogen) atoms. The molecule has 0 saturated heterocycles. The molecule has 206 valence electrons. The molecule has 0 radical (unpaired) electrons. The first-order chi connectivity index (χ1) is 19.6. The molecule has 2 saturated carbocycles. The maximum absolute atomic E-state index is 13.4.